The Kier molecular flexibility index (Phi) is 4.86. The third-order valence-corrected chi connectivity index (χ3v) is 2.65. The van der Waals surface area contributed by atoms with Crippen LogP contribution in [0.25, 0.3) is 0 Å². The largest absolute Gasteiger partial charge is 0.497 e. The van der Waals surface area contributed by atoms with Crippen LogP contribution in [0.2, 0.25) is 0 Å². The Morgan fingerprint density at radius 2 is 1.95 bits per heavy atom. The number of para-hydroxylation sites is 1. The van der Waals surface area contributed by atoms with Gasteiger partial charge >= 0.3 is 0 Å². The third-order valence-electron chi connectivity index (χ3n) is 2.65. The summed E-state index contributed by atoms with van der Waals surface area (Å²) in [6.45, 7) is 4.11. The van der Waals surface area contributed by atoms with Crippen molar-refractivity contribution in [2.45, 2.75) is 0 Å². The summed E-state index contributed by atoms with van der Waals surface area (Å²) < 4.78 is 10.8. The minimum Gasteiger partial charge on any atom is -0.497 e. The van der Waals surface area contributed by atoms with Gasteiger partial charge in [0.05, 0.1) is 12.7 Å². The SMILES string of the molecule is C=CCOc1ccccc1C#Cc1cccc(OC)c1. The van der Waals surface area contributed by atoms with Gasteiger partial charge in [-0.2, -0.15) is 0 Å². The molecule has 0 aliphatic heterocycles. The number of hydrogen-bond donors (Lipinski definition) is 0. The Balaban J connectivity index is 2.25. The summed E-state index contributed by atoms with van der Waals surface area (Å²) >= 11 is 0. The zero-order chi connectivity index (χ0) is 14.2. The van der Waals surface area contributed by atoms with E-state index in [0.717, 1.165) is 22.6 Å². The van der Waals surface area contributed by atoms with Crippen LogP contribution in [0.4, 0.5) is 0 Å². The molecule has 0 fully saturated rings. The molecule has 0 aromatic heterocycles. The van der Waals surface area contributed by atoms with Crippen LogP contribution in [0.3, 0.4) is 0 Å². The fraction of sp³-hybridized carbons (Fsp3) is 0.111. The second-order valence-electron chi connectivity index (χ2n) is 4.08. The van der Waals surface area contributed by atoms with Gasteiger partial charge in [-0.05, 0) is 30.3 Å². The molecular formula is C18H16O2. The van der Waals surface area contributed by atoms with Crippen molar-refractivity contribution in [3.8, 4) is 23.3 Å². The second kappa shape index (κ2) is 7.06. The predicted molar refractivity (Wildman–Crippen MR) is 81.1 cm³/mol. The molecule has 0 spiro atoms. The van der Waals surface area contributed by atoms with Crippen LogP contribution in [0.1, 0.15) is 11.1 Å². The summed E-state index contributed by atoms with van der Waals surface area (Å²) in [7, 11) is 1.64. The van der Waals surface area contributed by atoms with Gasteiger partial charge in [-0.1, -0.05) is 42.7 Å². The van der Waals surface area contributed by atoms with Crippen molar-refractivity contribution in [1.29, 1.82) is 0 Å². The van der Waals surface area contributed by atoms with Crippen molar-refractivity contribution in [1.82, 2.24) is 0 Å². The Bertz CT molecular complexity index is 648. The topological polar surface area (TPSA) is 18.5 Å². The van der Waals surface area contributed by atoms with Crippen LogP contribution in [-0.2, 0) is 0 Å². The quantitative estimate of drug-likeness (QED) is 0.620. The molecule has 2 rings (SSSR count). The zero-order valence-electron chi connectivity index (χ0n) is 11.4. The first kappa shape index (κ1) is 13.8. The molecule has 2 nitrogen and oxygen atoms in total. The van der Waals surface area contributed by atoms with Crippen molar-refractivity contribution in [3.05, 3.63) is 72.3 Å². The van der Waals surface area contributed by atoms with E-state index in [9.17, 15) is 0 Å². The van der Waals surface area contributed by atoms with Crippen LogP contribution in [0.5, 0.6) is 11.5 Å². The number of hydrogen-bond acceptors (Lipinski definition) is 2. The minimum atomic E-state index is 0.470. The van der Waals surface area contributed by atoms with Gasteiger partial charge < -0.3 is 9.47 Å². The summed E-state index contributed by atoms with van der Waals surface area (Å²) in [6.07, 6.45) is 1.71. The molecule has 0 heterocycles. The molecule has 0 saturated heterocycles. The molecule has 0 radical (unpaired) electrons. The monoisotopic (exact) mass is 264 g/mol. The molecule has 20 heavy (non-hydrogen) atoms. The molecule has 0 atom stereocenters. The summed E-state index contributed by atoms with van der Waals surface area (Å²) in [6, 6.07) is 15.4. The average molecular weight is 264 g/mol. The van der Waals surface area contributed by atoms with E-state index >= 15 is 0 Å². The van der Waals surface area contributed by atoms with Gasteiger partial charge in [0.2, 0.25) is 0 Å². The molecule has 2 heteroatoms. The van der Waals surface area contributed by atoms with Gasteiger partial charge in [0.1, 0.15) is 18.1 Å². The van der Waals surface area contributed by atoms with Crippen LogP contribution < -0.4 is 9.47 Å². The van der Waals surface area contributed by atoms with Crippen LogP contribution in [0, 0.1) is 11.8 Å². The predicted octanol–water partition coefficient (Wildman–Crippen LogP) is 3.66. The molecule has 2 aromatic carbocycles. The Morgan fingerprint density at radius 3 is 2.75 bits per heavy atom. The maximum absolute atomic E-state index is 5.57. The highest BCUT2D eigenvalue weighted by Crippen LogP contribution is 2.17. The van der Waals surface area contributed by atoms with Gasteiger partial charge in [0.25, 0.3) is 0 Å². The fourth-order valence-electron chi connectivity index (χ4n) is 1.68. The highest BCUT2D eigenvalue weighted by molar-refractivity contribution is 5.50. The smallest absolute Gasteiger partial charge is 0.135 e. The molecule has 100 valence electrons. The van der Waals surface area contributed by atoms with E-state index in [2.05, 4.69) is 18.4 Å². The van der Waals surface area contributed by atoms with E-state index in [0.29, 0.717) is 6.61 Å². The molecule has 0 unspecified atom stereocenters. The Morgan fingerprint density at radius 1 is 1.10 bits per heavy atom. The fourth-order valence-corrected chi connectivity index (χ4v) is 1.68. The van der Waals surface area contributed by atoms with Gasteiger partial charge in [-0.25, -0.2) is 0 Å². The number of ether oxygens (including phenoxy) is 2. The summed E-state index contributed by atoms with van der Waals surface area (Å²) in [4.78, 5) is 0. The normalized spacial score (nSPS) is 9.25. The molecule has 0 amide bonds. The van der Waals surface area contributed by atoms with Crippen molar-refractivity contribution in [2.75, 3.05) is 13.7 Å². The summed E-state index contributed by atoms with van der Waals surface area (Å²) in [5.41, 5.74) is 1.76. The maximum atomic E-state index is 5.57. The molecule has 0 aliphatic rings. The summed E-state index contributed by atoms with van der Waals surface area (Å²) in [5.74, 6) is 7.81. The molecule has 0 saturated carbocycles. The van der Waals surface area contributed by atoms with Crippen LogP contribution in [-0.4, -0.2) is 13.7 Å². The average Bonchev–Trinajstić information content (AvgIpc) is 2.52. The zero-order valence-corrected chi connectivity index (χ0v) is 11.4. The lowest BCUT2D eigenvalue weighted by Gasteiger charge is -2.04. The first-order chi connectivity index (χ1) is 9.83. The van der Waals surface area contributed by atoms with Gasteiger partial charge in [0.15, 0.2) is 0 Å². The molecule has 2 aromatic rings. The molecule has 0 bridgehead atoms. The van der Waals surface area contributed by atoms with E-state index in [1.807, 2.05) is 48.5 Å². The Labute approximate surface area is 119 Å². The standard InChI is InChI=1S/C18H16O2/c1-3-13-20-18-10-5-4-8-16(18)12-11-15-7-6-9-17(14-15)19-2/h3-10,14H,1,13H2,2H3. The third kappa shape index (κ3) is 3.66. The number of benzene rings is 2. The van der Waals surface area contributed by atoms with Crippen LogP contribution in [0.15, 0.2) is 61.2 Å². The van der Waals surface area contributed by atoms with Crippen molar-refractivity contribution in [2.24, 2.45) is 0 Å². The van der Waals surface area contributed by atoms with Gasteiger partial charge in [0, 0.05) is 5.56 Å². The number of methoxy groups -OCH3 is 1. The lowest BCUT2D eigenvalue weighted by atomic mass is 10.1. The van der Waals surface area contributed by atoms with E-state index < -0.39 is 0 Å². The highest BCUT2D eigenvalue weighted by Gasteiger charge is 1.98. The van der Waals surface area contributed by atoms with Crippen molar-refractivity contribution in [3.63, 3.8) is 0 Å². The van der Waals surface area contributed by atoms with Gasteiger partial charge in [-0.3, -0.25) is 0 Å². The highest BCUT2D eigenvalue weighted by atomic mass is 16.5. The minimum absolute atomic E-state index is 0.470. The van der Waals surface area contributed by atoms with E-state index in [-0.39, 0.29) is 0 Å². The van der Waals surface area contributed by atoms with E-state index in [1.54, 1.807) is 13.2 Å². The summed E-state index contributed by atoms with van der Waals surface area (Å²) in [5, 5.41) is 0. The first-order valence-corrected chi connectivity index (χ1v) is 6.32. The van der Waals surface area contributed by atoms with Crippen molar-refractivity contribution < 1.29 is 9.47 Å². The van der Waals surface area contributed by atoms with E-state index in [1.165, 1.54) is 0 Å². The maximum Gasteiger partial charge on any atom is 0.135 e. The lowest BCUT2D eigenvalue weighted by Crippen LogP contribution is -1.94. The Hall–Kier alpha value is -2.66. The second-order valence-corrected chi connectivity index (χ2v) is 4.08. The molecule has 0 N–H and O–H groups in total. The number of rotatable bonds is 4. The lowest BCUT2D eigenvalue weighted by molar-refractivity contribution is 0.362. The molecule has 0 aliphatic carbocycles. The van der Waals surface area contributed by atoms with Crippen molar-refractivity contribution >= 4 is 0 Å². The molecular weight excluding hydrogens is 248 g/mol. The van der Waals surface area contributed by atoms with E-state index in [4.69, 9.17) is 9.47 Å². The van der Waals surface area contributed by atoms with Gasteiger partial charge in [-0.15, -0.1) is 0 Å². The first-order valence-electron chi connectivity index (χ1n) is 6.32. The van der Waals surface area contributed by atoms with Crippen LogP contribution >= 0.6 is 0 Å².